The molecule has 1 aliphatic rings. The zero-order valence-corrected chi connectivity index (χ0v) is 15.1. The minimum atomic E-state index is -0.151. The summed E-state index contributed by atoms with van der Waals surface area (Å²) in [6.45, 7) is 0.770. The predicted octanol–water partition coefficient (Wildman–Crippen LogP) is 3.06. The van der Waals surface area contributed by atoms with Gasteiger partial charge in [0.1, 0.15) is 5.69 Å². The van der Waals surface area contributed by atoms with Gasteiger partial charge >= 0.3 is 0 Å². The largest absolute Gasteiger partial charge is 0.354 e. The molecule has 4 rings (SSSR count). The number of benzene rings is 2. The van der Waals surface area contributed by atoms with Crippen LogP contribution in [0.2, 0.25) is 0 Å². The fraction of sp³-hybridized carbons (Fsp3) is 0.158. The van der Waals surface area contributed by atoms with E-state index in [4.69, 9.17) is 0 Å². The molecule has 1 unspecified atom stereocenters. The number of nitrogens with one attached hydrogen (secondary N) is 4. The van der Waals surface area contributed by atoms with Gasteiger partial charge in [0.25, 0.3) is 5.91 Å². The zero-order chi connectivity index (χ0) is 17.2. The van der Waals surface area contributed by atoms with Gasteiger partial charge in [0.15, 0.2) is 5.96 Å². The maximum absolute atomic E-state index is 12.5. The number of H-pyrrole nitrogens is 1. The van der Waals surface area contributed by atoms with E-state index < -0.39 is 0 Å². The number of aliphatic imine (C=N–C) groups is 1. The molecule has 6 nitrogen and oxygen atoms in total. The van der Waals surface area contributed by atoms with Gasteiger partial charge in [0.05, 0.1) is 6.04 Å². The van der Waals surface area contributed by atoms with Crippen LogP contribution in [-0.4, -0.2) is 30.4 Å². The summed E-state index contributed by atoms with van der Waals surface area (Å²) in [5.74, 6) is 0.638. The summed E-state index contributed by atoms with van der Waals surface area (Å²) in [5.41, 5.74) is 3.37. The molecule has 0 radical (unpaired) electrons. The fourth-order valence-electron chi connectivity index (χ4n) is 3.04. The number of aromatic amines is 1. The molecule has 7 heteroatoms. The summed E-state index contributed by atoms with van der Waals surface area (Å²) in [7, 11) is 1.74. The van der Waals surface area contributed by atoms with Crippen molar-refractivity contribution in [1.29, 1.82) is 0 Å². The predicted molar refractivity (Wildman–Crippen MR) is 107 cm³/mol. The minimum absolute atomic E-state index is 0. The molecular weight excluding hydrogens is 350 g/mol. The first-order valence-electron chi connectivity index (χ1n) is 8.19. The molecule has 1 aromatic heterocycles. The molecule has 1 saturated heterocycles. The molecule has 0 spiro atoms. The van der Waals surface area contributed by atoms with Crippen LogP contribution in [0.1, 0.15) is 22.1 Å². The summed E-state index contributed by atoms with van der Waals surface area (Å²) >= 11 is 0. The Kier molecular flexibility index (Phi) is 5.14. The maximum atomic E-state index is 12.5. The van der Waals surface area contributed by atoms with E-state index in [9.17, 15) is 4.79 Å². The quantitative estimate of drug-likeness (QED) is 0.572. The average Bonchev–Trinajstić information content (AvgIpc) is 3.28. The van der Waals surface area contributed by atoms with Crippen molar-refractivity contribution in [2.45, 2.75) is 6.04 Å². The van der Waals surface area contributed by atoms with Crippen molar-refractivity contribution >= 4 is 40.9 Å². The molecule has 1 atom stereocenters. The van der Waals surface area contributed by atoms with Crippen LogP contribution in [0.4, 0.5) is 5.69 Å². The van der Waals surface area contributed by atoms with E-state index in [1.54, 1.807) is 7.05 Å². The minimum Gasteiger partial charge on any atom is -0.354 e. The molecule has 0 saturated carbocycles. The smallest absolute Gasteiger partial charge is 0.272 e. The van der Waals surface area contributed by atoms with Gasteiger partial charge in [-0.05, 0) is 29.8 Å². The number of hydrogen-bond donors (Lipinski definition) is 4. The lowest BCUT2D eigenvalue weighted by atomic mass is 10.1. The van der Waals surface area contributed by atoms with Crippen molar-refractivity contribution in [2.24, 2.45) is 4.99 Å². The topological polar surface area (TPSA) is 81.3 Å². The third-order valence-electron chi connectivity index (χ3n) is 4.33. The Hall–Kier alpha value is -2.99. The van der Waals surface area contributed by atoms with Gasteiger partial charge in [-0.15, -0.1) is 12.4 Å². The third-order valence-corrected chi connectivity index (χ3v) is 4.33. The second kappa shape index (κ2) is 7.49. The lowest BCUT2D eigenvalue weighted by Crippen LogP contribution is -2.24. The molecule has 2 heterocycles. The van der Waals surface area contributed by atoms with Crippen molar-refractivity contribution in [1.82, 2.24) is 15.6 Å². The number of halogens is 1. The van der Waals surface area contributed by atoms with Crippen molar-refractivity contribution in [3.63, 3.8) is 0 Å². The summed E-state index contributed by atoms with van der Waals surface area (Å²) in [6, 6.07) is 17.7. The Morgan fingerprint density at radius 2 is 2.00 bits per heavy atom. The van der Waals surface area contributed by atoms with Crippen LogP contribution in [0.3, 0.4) is 0 Å². The number of amides is 1. The van der Waals surface area contributed by atoms with E-state index in [2.05, 4.69) is 25.9 Å². The average molecular weight is 370 g/mol. The van der Waals surface area contributed by atoms with Crippen LogP contribution >= 0.6 is 12.4 Å². The van der Waals surface area contributed by atoms with Gasteiger partial charge in [-0.25, -0.2) is 0 Å². The Morgan fingerprint density at radius 3 is 2.77 bits per heavy atom. The highest BCUT2D eigenvalue weighted by molar-refractivity contribution is 6.05. The Balaban J connectivity index is 0.00000196. The number of carbonyl (C=O) groups is 1. The van der Waals surface area contributed by atoms with Gasteiger partial charge in [-0.1, -0.05) is 30.3 Å². The number of fused-ring (bicyclic) bond motifs is 1. The molecule has 1 amide bonds. The number of nitrogens with zero attached hydrogens (tertiary/aromatic N) is 1. The second-order valence-corrected chi connectivity index (χ2v) is 6.00. The lowest BCUT2D eigenvalue weighted by Gasteiger charge is -2.12. The highest BCUT2D eigenvalue weighted by atomic mass is 35.5. The lowest BCUT2D eigenvalue weighted by molar-refractivity contribution is 0.102. The van der Waals surface area contributed by atoms with E-state index in [0.717, 1.165) is 34.7 Å². The van der Waals surface area contributed by atoms with Gasteiger partial charge in [-0.2, -0.15) is 0 Å². The summed E-state index contributed by atoms with van der Waals surface area (Å²) in [6.07, 6.45) is 0. The summed E-state index contributed by atoms with van der Waals surface area (Å²) < 4.78 is 0. The van der Waals surface area contributed by atoms with Crippen molar-refractivity contribution in [2.75, 3.05) is 18.9 Å². The van der Waals surface area contributed by atoms with E-state index >= 15 is 0 Å². The second-order valence-electron chi connectivity index (χ2n) is 6.00. The molecule has 1 fully saturated rings. The normalized spacial score (nSPS) is 17.4. The van der Waals surface area contributed by atoms with Crippen LogP contribution in [0.5, 0.6) is 0 Å². The fourth-order valence-corrected chi connectivity index (χ4v) is 3.04. The van der Waals surface area contributed by atoms with Gasteiger partial charge in [0.2, 0.25) is 0 Å². The van der Waals surface area contributed by atoms with Crippen LogP contribution in [0, 0.1) is 0 Å². The first-order chi connectivity index (χ1) is 12.2. The number of anilines is 1. The highest BCUT2D eigenvalue weighted by Crippen LogP contribution is 2.21. The zero-order valence-electron chi connectivity index (χ0n) is 14.2. The first-order valence-corrected chi connectivity index (χ1v) is 8.19. The molecule has 1 aliphatic heterocycles. The molecule has 26 heavy (non-hydrogen) atoms. The molecular formula is C19H20ClN5O. The van der Waals surface area contributed by atoms with Crippen LogP contribution in [0.15, 0.2) is 59.6 Å². The highest BCUT2D eigenvalue weighted by Gasteiger charge is 2.20. The molecule has 2 aromatic carbocycles. The number of hydrogen-bond acceptors (Lipinski definition) is 2. The molecule has 4 N–H and O–H groups in total. The van der Waals surface area contributed by atoms with Crippen LogP contribution in [0.25, 0.3) is 10.9 Å². The number of carbonyl (C=O) groups excluding carboxylic acids is 1. The van der Waals surface area contributed by atoms with Gasteiger partial charge in [0, 0.05) is 30.2 Å². The van der Waals surface area contributed by atoms with Crippen LogP contribution in [-0.2, 0) is 0 Å². The van der Waals surface area contributed by atoms with Crippen molar-refractivity contribution < 1.29 is 4.79 Å². The van der Waals surface area contributed by atoms with Crippen molar-refractivity contribution in [3.8, 4) is 0 Å². The number of para-hydroxylation sites is 1. The number of guanidine groups is 1. The Morgan fingerprint density at radius 1 is 1.15 bits per heavy atom. The number of rotatable bonds is 3. The molecule has 0 bridgehead atoms. The van der Waals surface area contributed by atoms with Gasteiger partial charge < -0.3 is 20.9 Å². The van der Waals surface area contributed by atoms with E-state index in [1.807, 2.05) is 54.6 Å². The third kappa shape index (κ3) is 3.50. The maximum Gasteiger partial charge on any atom is 0.272 e. The first kappa shape index (κ1) is 17.8. The summed E-state index contributed by atoms with van der Waals surface area (Å²) in [5, 5.41) is 10.5. The SMILES string of the molecule is CN=C1NCC(c2cccc(NC(=O)c3cc4ccccc4[nH]3)c2)N1.Cl. The Labute approximate surface area is 157 Å². The number of aromatic nitrogens is 1. The van der Waals surface area contributed by atoms with E-state index in [0.29, 0.717) is 5.69 Å². The standard InChI is InChI=1S/C19H19N5O.ClH/c1-20-19-21-11-17(24-19)12-6-4-7-14(9-12)22-18(25)16-10-13-5-2-3-8-15(13)23-16;/h2-10,17,23H,11H2,1H3,(H,22,25)(H2,20,21,24);1H. The monoisotopic (exact) mass is 369 g/mol. The molecule has 0 aliphatic carbocycles. The summed E-state index contributed by atoms with van der Waals surface area (Å²) in [4.78, 5) is 19.8. The Bertz CT molecular complexity index is 932. The molecule has 3 aromatic rings. The van der Waals surface area contributed by atoms with Crippen LogP contribution < -0.4 is 16.0 Å². The van der Waals surface area contributed by atoms with E-state index in [1.165, 1.54) is 0 Å². The molecule has 134 valence electrons. The van der Waals surface area contributed by atoms with Crippen molar-refractivity contribution in [3.05, 3.63) is 65.9 Å². The van der Waals surface area contributed by atoms with Gasteiger partial charge in [-0.3, -0.25) is 9.79 Å². The van der Waals surface area contributed by atoms with E-state index in [-0.39, 0.29) is 24.4 Å².